The molecule has 2 heterocycles. The summed E-state index contributed by atoms with van der Waals surface area (Å²) in [7, 11) is 1.63. The van der Waals surface area contributed by atoms with Gasteiger partial charge in [0.25, 0.3) is 5.91 Å². The number of nitrogens with zero attached hydrogens (tertiary/aromatic N) is 4. The van der Waals surface area contributed by atoms with Gasteiger partial charge in [-0.3, -0.25) is 4.79 Å². The molecule has 1 saturated heterocycles. The molecule has 144 valence electrons. The third-order valence-electron chi connectivity index (χ3n) is 5.02. The molecule has 0 saturated carbocycles. The van der Waals surface area contributed by atoms with Gasteiger partial charge in [0, 0.05) is 6.54 Å². The van der Waals surface area contributed by atoms with Crippen molar-refractivity contribution in [3.63, 3.8) is 0 Å². The fourth-order valence-electron chi connectivity index (χ4n) is 3.64. The molecule has 0 radical (unpaired) electrons. The highest BCUT2D eigenvalue weighted by Gasteiger charge is 2.33. The summed E-state index contributed by atoms with van der Waals surface area (Å²) in [5.74, 6) is 0.973. The van der Waals surface area contributed by atoms with Crippen LogP contribution in [0.4, 0.5) is 4.39 Å². The summed E-state index contributed by atoms with van der Waals surface area (Å²) in [6, 6.07) is 13.7. The molecule has 0 aliphatic carbocycles. The van der Waals surface area contributed by atoms with Gasteiger partial charge in [-0.15, -0.1) is 5.10 Å². The maximum atomic E-state index is 13.2. The molecule has 0 spiro atoms. The number of aryl methyl sites for hydroxylation is 1. The summed E-state index contributed by atoms with van der Waals surface area (Å²) in [6.07, 6.45) is 1.81. The predicted octanol–water partition coefficient (Wildman–Crippen LogP) is 3.70. The van der Waals surface area contributed by atoms with E-state index in [0.717, 1.165) is 24.2 Å². The second-order valence-electron chi connectivity index (χ2n) is 6.80. The van der Waals surface area contributed by atoms with E-state index in [0.29, 0.717) is 18.1 Å². The predicted molar refractivity (Wildman–Crippen MR) is 102 cm³/mol. The molecule has 28 heavy (non-hydrogen) atoms. The lowest BCUT2D eigenvalue weighted by molar-refractivity contribution is 0.0723. The summed E-state index contributed by atoms with van der Waals surface area (Å²) >= 11 is 0. The lowest BCUT2D eigenvalue weighted by Crippen LogP contribution is -2.31. The van der Waals surface area contributed by atoms with Gasteiger partial charge in [0.2, 0.25) is 5.82 Å². The van der Waals surface area contributed by atoms with Crippen molar-refractivity contribution in [1.29, 1.82) is 0 Å². The molecule has 1 aliphatic heterocycles. The molecule has 0 bridgehead atoms. The average molecular weight is 380 g/mol. The molecule has 1 unspecified atom stereocenters. The van der Waals surface area contributed by atoms with Crippen LogP contribution in [0.1, 0.15) is 40.9 Å². The van der Waals surface area contributed by atoms with Crippen molar-refractivity contribution < 1.29 is 13.9 Å². The zero-order valence-corrected chi connectivity index (χ0v) is 15.8. The molecule has 7 heteroatoms. The number of carbonyl (C=O) groups excluding carboxylic acids is 1. The van der Waals surface area contributed by atoms with Crippen LogP contribution in [-0.2, 0) is 0 Å². The zero-order chi connectivity index (χ0) is 19.7. The third-order valence-corrected chi connectivity index (χ3v) is 5.02. The Bertz CT molecular complexity index is 1000. The summed E-state index contributed by atoms with van der Waals surface area (Å²) in [4.78, 5) is 19.3. The van der Waals surface area contributed by atoms with E-state index in [1.807, 2.05) is 29.2 Å². The SMILES string of the molecule is COc1cccc(C2CCCN2C(=O)c2nc(C)n(-c3ccc(F)cc3)n2)c1. The van der Waals surface area contributed by atoms with E-state index in [4.69, 9.17) is 4.74 Å². The highest BCUT2D eigenvalue weighted by Crippen LogP contribution is 2.34. The van der Waals surface area contributed by atoms with E-state index in [2.05, 4.69) is 10.1 Å². The molecule has 6 nitrogen and oxygen atoms in total. The number of amides is 1. The fourth-order valence-corrected chi connectivity index (χ4v) is 3.64. The monoisotopic (exact) mass is 380 g/mol. The van der Waals surface area contributed by atoms with Crippen LogP contribution in [0, 0.1) is 12.7 Å². The second-order valence-corrected chi connectivity index (χ2v) is 6.80. The number of ether oxygens (including phenoxy) is 1. The molecular weight excluding hydrogens is 359 g/mol. The molecule has 2 aromatic carbocycles. The number of methoxy groups -OCH3 is 1. The van der Waals surface area contributed by atoms with Crippen molar-refractivity contribution in [2.75, 3.05) is 13.7 Å². The normalized spacial score (nSPS) is 16.4. The molecule has 3 aromatic rings. The summed E-state index contributed by atoms with van der Waals surface area (Å²) in [6.45, 7) is 2.43. The Morgan fingerprint density at radius 3 is 2.75 bits per heavy atom. The molecule has 0 N–H and O–H groups in total. The van der Waals surface area contributed by atoms with Crippen LogP contribution in [-0.4, -0.2) is 39.2 Å². The Hall–Kier alpha value is -3.22. The second kappa shape index (κ2) is 7.42. The molecule has 1 aliphatic rings. The van der Waals surface area contributed by atoms with Crippen molar-refractivity contribution in [2.24, 2.45) is 0 Å². The Morgan fingerprint density at radius 2 is 2.00 bits per heavy atom. The summed E-state index contributed by atoms with van der Waals surface area (Å²) in [5, 5.41) is 4.38. The largest absolute Gasteiger partial charge is 0.497 e. The van der Waals surface area contributed by atoms with Gasteiger partial charge in [-0.1, -0.05) is 12.1 Å². The van der Waals surface area contributed by atoms with Crippen LogP contribution < -0.4 is 4.74 Å². The number of carbonyl (C=O) groups is 1. The van der Waals surface area contributed by atoms with Gasteiger partial charge < -0.3 is 9.64 Å². The minimum absolute atomic E-state index is 0.0272. The molecule has 1 aromatic heterocycles. The van der Waals surface area contributed by atoms with Crippen LogP contribution in [0.5, 0.6) is 5.75 Å². The first-order chi connectivity index (χ1) is 13.6. The lowest BCUT2D eigenvalue weighted by atomic mass is 10.0. The van der Waals surface area contributed by atoms with Crippen LogP contribution in [0.15, 0.2) is 48.5 Å². The van der Waals surface area contributed by atoms with E-state index in [9.17, 15) is 9.18 Å². The van der Waals surface area contributed by atoms with Crippen LogP contribution >= 0.6 is 0 Å². The first-order valence-electron chi connectivity index (χ1n) is 9.21. The number of benzene rings is 2. The molecule has 1 amide bonds. The topological polar surface area (TPSA) is 60.2 Å². The van der Waals surface area contributed by atoms with Crippen molar-refractivity contribution in [3.8, 4) is 11.4 Å². The minimum Gasteiger partial charge on any atom is -0.497 e. The Morgan fingerprint density at radius 1 is 1.21 bits per heavy atom. The van der Waals surface area contributed by atoms with E-state index in [1.165, 1.54) is 12.1 Å². The average Bonchev–Trinajstić information content (AvgIpc) is 3.35. The Labute approximate surface area is 162 Å². The van der Waals surface area contributed by atoms with Crippen molar-refractivity contribution in [3.05, 3.63) is 71.6 Å². The first-order valence-corrected chi connectivity index (χ1v) is 9.21. The maximum absolute atomic E-state index is 13.2. The number of likely N-dealkylation sites (tertiary alicyclic amines) is 1. The number of aromatic nitrogens is 3. The molecule has 1 fully saturated rings. The van der Waals surface area contributed by atoms with Gasteiger partial charge in [-0.2, -0.15) is 0 Å². The van der Waals surface area contributed by atoms with Gasteiger partial charge >= 0.3 is 0 Å². The maximum Gasteiger partial charge on any atom is 0.294 e. The van der Waals surface area contributed by atoms with Crippen molar-refractivity contribution >= 4 is 5.91 Å². The van der Waals surface area contributed by atoms with Gasteiger partial charge in [0.05, 0.1) is 18.8 Å². The lowest BCUT2D eigenvalue weighted by Gasteiger charge is -2.24. The van der Waals surface area contributed by atoms with E-state index < -0.39 is 0 Å². The highest BCUT2D eigenvalue weighted by atomic mass is 19.1. The highest BCUT2D eigenvalue weighted by molar-refractivity contribution is 5.91. The first kappa shape index (κ1) is 18.2. The van der Waals surface area contributed by atoms with E-state index in [1.54, 1.807) is 30.8 Å². The van der Waals surface area contributed by atoms with Crippen LogP contribution in [0.25, 0.3) is 5.69 Å². The summed E-state index contributed by atoms with van der Waals surface area (Å²) < 4.78 is 20.1. The molecular formula is C21H21FN4O2. The standard InChI is InChI=1S/C21H21FN4O2/c1-14-23-20(24-26(14)17-10-8-16(22)9-11-17)21(27)25-12-4-7-19(25)15-5-3-6-18(13-15)28-2/h3,5-6,8-11,13,19H,4,7,12H2,1-2H3. The minimum atomic E-state index is -0.323. The smallest absolute Gasteiger partial charge is 0.294 e. The van der Waals surface area contributed by atoms with Crippen LogP contribution in [0.2, 0.25) is 0 Å². The van der Waals surface area contributed by atoms with Crippen molar-refractivity contribution in [2.45, 2.75) is 25.8 Å². The molecule has 4 rings (SSSR count). The quantitative estimate of drug-likeness (QED) is 0.692. The van der Waals surface area contributed by atoms with Gasteiger partial charge in [0.15, 0.2) is 0 Å². The number of halogens is 1. The van der Waals surface area contributed by atoms with E-state index >= 15 is 0 Å². The Balaban J connectivity index is 1.61. The molecule has 1 atom stereocenters. The van der Waals surface area contributed by atoms with Gasteiger partial charge in [-0.25, -0.2) is 14.1 Å². The number of rotatable bonds is 4. The number of hydrogen-bond donors (Lipinski definition) is 0. The van der Waals surface area contributed by atoms with Crippen molar-refractivity contribution in [1.82, 2.24) is 19.7 Å². The van der Waals surface area contributed by atoms with E-state index in [-0.39, 0.29) is 23.6 Å². The number of hydrogen-bond acceptors (Lipinski definition) is 4. The van der Waals surface area contributed by atoms with Gasteiger partial charge in [0.1, 0.15) is 17.4 Å². The van der Waals surface area contributed by atoms with Crippen LogP contribution in [0.3, 0.4) is 0 Å². The third kappa shape index (κ3) is 3.35. The summed E-state index contributed by atoms with van der Waals surface area (Å²) in [5.41, 5.74) is 1.70. The zero-order valence-electron chi connectivity index (χ0n) is 15.8. The van der Waals surface area contributed by atoms with Gasteiger partial charge in [-0.05, 0) is 61.7 Å². The fraction of sp³-hybridized carbons (Fsp3) is 0.286. The Kier molecular flexibility index (Phi) is 4.81.